The molecule has 0 radical (unpaired) electrons. The molecule has 0 spiro atoms. The smallest absolute Gasteiger partial charge is 0.144 e. The molecule has 0 fully saturated rings. The van der Waals surface area contributed by atoms with Crippen LogP contribution in [0, 0.1) is 7.14 Å². The van der Waals surface area contributed by atoms with E-state index in [1.54, 1.807) is 30.3 Å². The van der Waals surface area contributed by atoms with Crippen molar-refractivity contribution in [1.29, 1.82) is 0 Å². The lowest BCUT2D eigenvalue weighted by molar-refractivity contribution is 0.442. The molecule has 5 aromatic carbocycles. The van der Waals surface area contributed by atoms with Gasteiger partial charge in [0, 0.05) is 26.2 Å². The van der Waals surface area contributed by atoms with E-state index in [9.17, 15) is 15.3 Å². The molecule has 5 aromatic rings. The lowest BCUT2D eigenvalue weighted by atomic mass is 9.79. The summed E-state index contributed by atoms with van der Waals surface area (Å²) >= 11 is 4.59. The quantitative estimate of drug-likeness (QED) is 0.159. The summed E-state index contributed by atoms with van der Waals surface area (Å²) in [6.07, 6.45) is 0. The molecule has 6 rings (SSSR count). The molecular formula is C27H16I2O4. The lowest BCUT2D eigenvalue weighted by Gasteiger charge is -2.31. The van der Waals surface area contributed by atoms with E-state index >= 15 is 0 Å². The minimum atomic E-state index is -0.310. The Kier molecular flexibility index (Phi) is 4.84. The molecule has 1 aliphatic heterocycles. The summed E-state index contributed by atoms with van der Waals surface area (Å²) in [5.41, 5.74) is 2.61. The van der Waals surface area contributed by atoms with Gasteiger partial charge in [-0.1, -0.05) is 18.2 Å². The molecule has 4 nitrogen and oxygen atoms in total. The fourth-order valence-electron chi connectivity index (χ4n) is 4.71. The van der Waals surface area contributed by atoms with Gasteiger partial charge < -0.3 is 20.1 Å². The third-order valence-electron chi connectivity index (χ3n) is 6.14. The Balaban J connectivity index is 1.73. The van der Waals surface area contributed by atoms with Gasteiger partial charge in [-0.2, -0.15) is 0 Å². The van der Waals surface area contributed by atoms with Crippen molar-refractivity contribution in [3.05, 3.63) is 96.6 Å². The van der Waals surface area contributed by atoms with Crippen LogP contribution in [-0.4, -0.2) is 15.3 Å². The maximum absolute atomic E-state index is 11.2. The molecule has 3 N–H and O–H groups in total. The highest BCUT2D eigenvalue weighted by Crippen LogP contribution is 2.53. The standard InChI is InChI=1S/C27H16I2O4/c28-16-10-21-25(20-8-14-2-5-17(30)7-15(14)9-23(20)32)26-19-12-18(31)4-1-13(19)3-6-24(26)33-27(21)22(29)11-16/h1-12,25,30-32H. The van der Waals surface area contributed by atoms with Crippen molar-refractivity contribution in [2.75, 3.05) is 0 Å². The van der Waals surface area contributed by atoms with E-state index in [1.807, 2.05) is 30.3 Å². The normalized spacial score (nSPS) is 14.7. The number of rotatable bonds is 1. The van der Waals surface area contributed by atoms with Gasteiger partial charge >= 0.3 is 0 Å². The van der Waals surface area contributed by atoms with Crippen LogP contribution in [0.4, 0.5) is 0 Å². The third kappa shape index (κ3) is 3.38. The third-order valence-corrected chi connectivity index (χ3v) is 7.56. The SMILES string of the molecule is Oc1ccc2cc(C3c4cc(I)cc(I)c4Oc4ccc5ccc(O)cc5c43)c(O)cc2c1. The van der Waals surface area contributed by atoms with Crippen molar-refractivity contribution >= 4 is 66.7 Å². The molecule has 0 bridgehead atoms. The number of phenols is 3. The van der Waals surface area contributed by atoms with Gasteiger partial charge in [0.2, 0.25) is 0 Å². The molecule has 1 heterocycles. The maximum atomic E-state index is 11.2. The number of aromatic hydroxyl groups is 3. The monoisotopic (exact) mass is 658 g/mol. The number of phenolic OH excluding ortho intramolecular Hbond substituents is 3. The van der Waals surface area contributed by atoms with Gasteiger partial charge in [0.05, 0.1) is 3.57 Å². The predicted octanol–water partition coefficient (Wildman–Crippen LogP) is 7.60. The van der Waals surface area contributed by atoms with Crippen LogP contribution >= 0.6 is 45.2 Å². The zero-order valence-corrected chi connectivity index (χ0v) is 21.3. The summed E-state index contributed by atoms with van der Waals surface area (Å²) in [6, 6.07) is 22.2. The molecule has 33 heavy (non-hydrogen) atoms. The van der Waals surface area contributed by atoms with Gasteiger partial charge in [-0.15, -0.1) is 0 Å². The van der Waals surface area contributed by atoms with Gasteiger partial charge in [0.15, 0.2) is 0 Å². The van der Waals surface area contributed by atoms with Crippen molar-refractivity contribution in [2.24, 2.45) is 0 Å². The molecule has 0 aromatic heterocycles. The van der Waals surface area contributed by atoms with Crippen LogP contribution in [0.25, 0.3) is 21.5 Å². The Bertz CT molecular complexity index is 1610. The highest BCUT2D eigenvalue weighted by Gasteiger charge is 2.34. The Morgan fingerprint density at radius 2 is 1.39 bits per heavy atom. The number of hydrogen-bond acceptors (Lipinski definition) is 4. The van der Waals surface area contributed by atoms with E-state index in [1.165, 1.54) is 0 Å². The van der Waals surface area contributed by atoms with Gasteiger partial charge in [-0.3, -0.25) is 0 Å². The zero-order valence-electron chi connectivity index (χ0n) is 17.0. The highest BCUT2D eigenvalue weighted by molar-refractivity contribution is 14.1. The topological polar surface area (TPSA) is 69.9 Å². The first-order valence-corrected chi connectivity index (χ1v) is 12.4. The molecular weight excluding hydrogens is 642 g/mol. The fourth-order valence-corrected chi connectivity index (χ4v) is 6.71. The Morgan fingerprint density at radius 3 is 2.21 bits per heavy atom. The second-order valence-electron chi connectivity index (χ2n) is 8.17. The van der Waals surface area contributed by atoms with E-state index in [0.717, 1.165) is 51.1 Å². The van der Waals surface area contributed by atoms with Gasteiger partial charge in [-0.25, -0.2) is 0 Å². The molecule has 1 aliphatic rings. The molecule has 0 aliphatic carbocycles. The van der Waals surface area contributed by atoms with Crippen molar-refractivity contribution in [3.8, 4) is 28.7 Å². The Hall–Kier alpha value is -2.72. The minimum absolute atomic E-state index is 0.142. The molecule has 0 saturated heterocycles. The average Bonchev–Trinajstić information content (AvgIpc) is 2.77. The summed E-state index contributed by atoms with van der Waals surface area (Å²) in [4.78, 5) is 0. The van der Waals surface area contributed by atoms with Gasteiger partial charge in [-0.05, 0) is 121 Å². The van der Waals surface area contributed by atoms with Crippen molar-refractivity contribution in [1.82, 2.24) is 0 Å². The van der Waals surface area contributed by atoms with Crippen molar-refractivity contribution < 1.29 is 20.1 Å². The summed E-state index contributed by atoms with van der Waals surface area (Å²) in [5.74, 6) is 1.64. The number of fused-ring (bicyclic) bond motifs is 5. The Labute approximate surface area is 216 Å². The number of hydrogen-bond donors (Lipinski definition) is 3. The minimum Gasteiger partial charge on any atom is -0.508 e. The lowest BCUT2D eigenvalue weighted by Crippen LogP contribution is -2.14. The van der Waals surface area contributed by atoms with Crippen LogP contribution in [0.2, 0.25) is 0 Å². The van der Waals surface area contributed by atoms with Crippen molar-refractivity contribution in [2.45, 2.75) is 5.92 Å². The predicted molar refractivity (Wildman–Crippen MR) is 146 cm³/mol. The molecule has 1 atom stereocenters. The summed E-state index contributed by atoms with van der Waals surface area (Å²) in [5, 5.41) is 34.9. The highest BCUT2D eigenvalue weighted by atomic mass is 127. The fraction of sp³-hybridized carbons (Fsp3) is 0.0370. The number of halogens is 2. The first-order valence-electron chi connectivity index (χ1n) is 10.3. The van der Waals surface area contributed by atoms with Gasteiger partial charge in [0.25, 0.3) is 0 Å². The number of ether oxygens (including phenoxy) is 1. The molecule has 1 unspecified atom stereocenters. The van der Waals surface area contributed by atoms with Crippen LogP contribution in [0.3, 0.4) is 0 Å². The largest absolute Gasteiger partial charge is 0.508 e. The second kappa shape index (κ2) is 7.66. The van der Waals surface area contributed by atoms with Crippen LogP contribution in [0.1, 0.15) is 22.6 Å². The van der Waals surface area contributed by atoms with E-state index in [0.29, 0.717) is 5.75 Å². The Morgan fingerprint density at radius 1 is 0.667 bits per heavy atom. The van der Waals surface area contributed by atoms with Crippen LogP contribution in [0.5, 0.6) is 28.7 Å². The summed E-state index contributed by atoms with van der Waals surface area (Å²) in [7, 11) is 0. The number of benzene rings is 5. The van der Waals surface area contributed by atoms with E-state index in [2.05, 4.69) is 57.3 Å². The van der Waals surface area contributed by atoms with Gasteiger partial charge in [0.1, 0.15) is 28.7 Å². The molecule has 0 saturated carbocycles. The van der Waals surface area contributed by atoms with E-state index < -0.39 is 0 Å². The molecule has 6 heteroatoms. The maximum Gasteiger partial charge on any atom is 0.144 e. The summed E-state index contributed by atoms with van der Waals surface area (Å²) in [6.45, 7) is 0. The molecule has 0 amide bonds. The summed E-state index contributed by atoms with van der Waals surface area (Å²) < 4.78 is 8.46. The zero-order chi connectivity index (χ0) is 22.9. The van der Waals surface area contributed by atoms with Crippen LogP contribution in [0.15, 0.2) is 72.8 Å². The first kappa shape index (κ1) is 20.9. The van der Waals surface area contributed by atoms with E-state index in [4.69, 9.17) is 4.74 Å². The van der Waals surface area contributed by atoms with E-state index in [-0.39, 0.29) is 23.2 Å². The van der Waals surface area contributed by atoms with Crippen molar-refractivity contribution in [3.63, 3.8) is 0 Å². The first-order chi connectivity index (χ1) is 15.9. The van der Waals surface area contributed by atoms with Crippen LogP contribution in [-0.2, 0) is 0 Å². The second-order valence-corrected chi connectivity index (χ2v) is 10.6. The molecule has 162 valence electrons. The van der Waals surface area contributed by atoms with Crippen LogP contribution < -0.4 is 4.74 Å². The average molecular weight is 658 g/mol.